The summed E-state index contributed by atoms with van der Waals surface area (Å²) in [6.45, 7) is 0. The second-order valence-electron chi connectivity index (χ2n) is 4.48. The number of benzene rings is 2. The maximum absolute atomic E-state index is 12.8. The molecular weight excluding hydrogens is 318 g/mol. The van der Waals surface area contributed by atoms with Gasteiger partial charge in [-0.05, 0) is 30.3 Å². The third-order valence-electron chi connectivity index (χ3n) is 3.08. The monoisotopic (exact) mass is 327 g/mol. The average Bonchev–Trinajstić information content (AvgIpc) is 2.53. The quantitative estimate of drug-likeness (QED) is 0.544. The predicted octanol–water partition coefficient (Wildman–Crippen LogP) is 3.65. The maximum atomic E-state index is 12.8. The highest BCUT2D eigenvalue weighted by molar-refractivity contribution is 7.99. The van der Waals surface area contributed by atoms with Gasteiger partial charge in [0.2, 0.25) is 0 Å². The molecule has 3 rings (SSSR count). The maximum Gasteiger partial charge on any atom is 0.266 e. The van der Waals surface area contributed by atoms with E-state index >= 15 is 0 Å². The standard InChI is InChI=1S/C16H10ClN3OS/c17-11-4-3-5-12(10-11)20-15(21)13-6-1-2-7-14(13)19-16(20)22-9-8-18/h1-7,10H,9H2. The van der Waals surface area contributed by atoms with E-state index in [1.54, 1.807) is 42.5 Å². The Labute approximate surface area is 136 Å². The van der Waals surface area contributed by atoms with Crippen LogP contribution in [-0.2, 0) is 0 Å². The van der Waals surface area contributed by atoms with E-state index in [1.807, 2.05) is 6.07 Å². The summed E-state index contributed by atoms with van der Waals surface area (Å²) in [5.41, 5.74) is 1.08. The molecule has 0 bridgehead atoms. The van der Waals surface area contributed by atoms with Crippen LogP contribution in [-0.4, -0.2) is 15.3 Å². The molecular formula is C16H10ClN3OS. The van der Waals surface area contributed by atoms with Gasteiger partial charge >= 0.3 is 0 Å². The summed E-state index contributed by atoms with van der Waals surface area (Å²) >= 11 is 7.25. The highest BCUT2D eigenvalue weighted by Crippen LogP contribution is 2.22. The van der Waals surface area contributed by atoms with E-state index in [0.29, 0.717) is 26.8 Å². The molecule has 0 saturated heterocycles. The Hall–Kier alpha value is -2.29. The van der Waals surface area contributed by atoms with Crippen LogP contribution in [0.25, 0.3) is 16.6 Å². The third kappa shape index (κ3) is 2.71. The largest absolute Gasteiger partial charge is 0.268 e. The second kappa shape index (κ2) is 6.22. The van der Waals surface area contributed by atoms with E-state index in [4.69, 9.17) is 16.9 Å². The number of hydrogen-bond acceptors (Lipinski definition) is 4. The first-order chi connectivity index (χ1) is 10.7. The van der Waals surface area contributed by atoms with Gasteiger partial charge in [0.25, 0.3) is 5.56 Å². The van der Waals surface area contributed by atoms with Crippen molar-refractivity contribution in [2.24, 2.45) is 0 Å². The fraction of sp³-hybridized carbons (Fsp3) is 0.0625. The van der Waals surface area contributed by atoms with Crippen LogP contribution in [0, 0.1) is 11.3 Å². The number of nitrogens with zero attached hydrogens (tertiary/aromatic N) is 3. The van der Waals surface area contributed by atoms with Gasteiger partial charge in [-0.15, -0.1) is 0 Å². The van der Waals surface area contributed by atoms with Gasteiger partial charge in [0.1, 0.15) is 0 Å². The van der Waals surface area contributed by atoms with Gasteiger partial charge in [-0.3, -0.25) is 9.36 Å². The summed E-state index contributed by atoms with van der Waals surface area (Å²) < 4.78 is 1.50. The lowest BCUT2D eigenvalue weighted by molar-refractivity contribution is 0.821. The van der Waals surface area contributed by atoms with E-state index < -0.39 is 0 Å². The first kappa shape index (κ1) is 14.6. The zero-order chi connectivity index (χ0) is 15.5. The summed E-state index contributed by atoms with van der Waals surface area (Å²) in [5, 5.41) is 10.4. The van der Waals surface area contributed by atoms with Crippen molar-refractivity contribution in [1.29, 1.82) is 5.26 Å². The van der Waals surface area contributed by atoms with E-state index in [-0.39, 0.29) is 11.3 Å². The number of aromatic nitrogens is 2. The molecule has 0 unspecified atom stereocenters. The molecule has 0 saturated carbocycles. The molecule has 0 aliphatic rings. The number of para-hydroxylation sites is 1. The Bertz CT molecular complexity index is 946. The van der Waals surface area contributed by atoms with Crippen LogP contribution in [0.2, 0.25) is 5.02 Å². The summed E-state index contributed by atoms with van der Waals surface area (Å²) in [4.78, 5) is 17.3. The van der Waals surface area contributed by atoms with Crippen LogP contribution in [0.3, 0.4) is 0 Å². The number of hydrogen-bond donors (Lipinski definition) is 0. The molecule has 0 aliphatic carbocycles. The van der Waals surface area contributed by atoms with Crippen molar-refractivity contribution in [3.63, 3.8) is 0 Å². The van der Waals surface area contributed by atoms with Crippen molar-refractivity contribution in [2.45, 2.75) is 5.16 Å². The van der Waals surface area contributed by atoms with Gasteiger partial charge in [-0.1, -0.05) is 41.6 Å². The fourth-order valence-electron chi connectivity index (χ4n) is 2.15. The third-order valence-corrected chi connectivity index (χ3v) is 4.12. The van der Waals surface area contributed by atoms with Crippen molar-refractivity contribution >= 4 is 34.3 Å². The number of rotatable bonds is 3. The summed E-state index contributed by atoms with van der Waals surface area (Å²) in [7, 11) is 0. The van der Waals surface area contributed by atoms with E-state index in [1.165, 1.54) is 16.3 Å². The highest BCUT2D eigenvalue weighted by atomic mass is 35.5. The Kier molecular flexibility index (Phi) is 4.14. The smallest absolute Gasteiger partial charge is 0.266 e. The SMILES string of the molecule is N#CCSc1nc2ccccc2c(=O)n1-c1cccc(Cl)c1. The summed E-state index contributed by atoms with van der Waals surface area (Å²) in [6, 6.07) is 16.2. The van der Waals surface area contributed by atoms with Crippen molar-refractivity contribution in [3.8, 4) is 11.8 Å². The Morgan fingerprint density at radius 3 is 2.82 bits per heavy atom. The molecule has 6 heteroatoms. The van der Waals surface area contributed by atoms with Crippen LogP contribution in [0.5, 0.6) is 0 Å². The topological polar surface area (TPSA) is 58.7 Å². The first-order valence-corrected chi connectivity index (χ1v) is 7.84. The molecule has 4 nitrogen and oxygen atoms in total. The van der Waals surface area contributed by atoms with Gasteiger partial charge < -0.3 is 0 Å². The van der Waals surface area contributed by atoms with Crippen LogP contribution < -0.4 is 5.56 Å². The molecule has 1 heterocycles. The lowest BCUT2D eigenvalue weighted by atomic mass is 10.2. The molecule has 108 valence electrons. The minimum atomic E-state index is -0.173. The van der Waals surface area contributed by atoms with Crippen molar-refractivity contribution in [3.05, 3.63) is 63.9 Å². The van der Waals surface area contributed by atoms with Gasteiger partial charge in [-0.25, -0.2) is 4.98 Å². The highest BCUT2D eigenvalue weighted by Gasteiger charge is 2.13. The van der Waals surface area contributed by atoms with Gasteiger partial charge in [0, 0.05) is 5.02 Å². The zero-order valence-electron chi connectivity index (χ0n) is 11.4. The average molecular weight is 328 g/mol. The Balaban J connectivity index is 2.32. The fourth-order valence-corrected chi connectivity index (χ4v) is 3.01. The Morgan fingerprint density at radius 1 is 1.23 bits per heavy atom. The molecule has 1 aromatic heterocycles. The Morgan fingerprint density at radius 2 is 2.05 bits per heavy atom. The normalized spacial score (nSPS) is 10.5. The minimum Gasteiger partial charge on any atom is -0.268 e. The zero-order valence-corrected chi connectivity index (χ0v) is 12.9. The lowest BCUT2D eigenvalue weighted by Gasteiger charge is -2.12. The predicted molar refractivity (Wildman–Crippen MR) is 88.7 cm³/mol. The van der Waals surface area contributed by atoms with Crippen LogP contribution >= 0.6 is 23.4 Å². The van der Waals surface area contributed by atoms with E-state index in [9.17, 15) is 4.79 Å². The molecule has 2 aromatic carbocycles. The minimum absolute atomic E-state index is 0.173. The molecule has 0 fully saturated rings. The van der Waals surface area contributed by atoms with Crippen molar-refractivity contribution < 1.29 is 0 Å². The number of thioether (sulfide) groups is 1. The van der Waals surface area contributed by atoms with E-state index in [0.717, 1.165) is 0 Å². The number of fused-ring (bicyclic) bond motifs is 1. The van der Waals surface area contributed by atoms with Gasteiger partial charge in [-0.2, -0.15) is 5.26 Å². The molecule has 0 atom stereocenters. The molecule has 3 aromatic rings. The first-order valence-electron chi connectivity index (χ1n) is 6.48. The van der Waals surface area contributed by atoms with Gasteiger partial charge in [0.05, 0.1) is 28.4 Å². The van der Waals surface area contributed by atoms with Crippen LogP contribution in [0.15, 0.2) is 58.5 Å². The second-order valence-corrected chi connectivity index (χ2v) is 5.86. The summed E-state index contributed by atoms with van der Waals surface area (Å²) in [6.07, 6.45) is 0. The van der Waals surface area contributed by atoms with E-state index in [2.05, 4.69) is 11.1 Å². The molecule has 0 N–H and O–H groups in total. The number of nitriles is 1. The van der Waals surface area contributed by atoms with Gasteiger partial charge in [0.15, 0.2) is 5.16 Å². The van der Waals surface area contributed by atoms with Crippen LogP contribution in [0.4, 0.5) is 0 Å². The van der Waals surface area contributed by atoms with Crippen LogP contribution in [0.1, 0.15) is 0 Å². The van der Waals surface area contributed by atoms with Crippen molar-refractivity contribution in [2.75, 3.05) is 5.75 Å². The van der Waals surface area contributed by atoms with Crippen molar-refractivity contribution in [1.82, 2.24) is 9.55 Å². The molecule has 0 radical (unpaired) electrons. The molecule has 0 aliphatic heterocycles. The molecule has 0 spiro atoms. The summed E-state index contributed by atoms with van der Waals surface area (Å²) in [5.74, 6) is 0.214. The molecule has 22 heavy (non-hydrogen) atoms. The lowest BCUT2D eigenvalue weighted by Crippen LogP contribution is -2.21. The number of halogens is 1. The molecule has 0 amide bonds.